The molecule has 27 heavy (non-hydrogen) atoms. The number of dihydropyridines is 1. The number of nitrogens with one attached hydrogen (secondary N) is 1. The normalized spacial score (nSPS) is 17.8. The van der Waals surface area contributed by atoms with Gasteiger partial charge in [0.15, 0.2) is 0 Å². The Kier molecular flexibility index (Phi) is 5.50. The van der Waals surface area contributed by atoms with Crippen molar-refractivity contribution in [2.45, 2.75) is 19.0 Å². The standard InChI is InChI=1S/C16H11ClF5NO4/c1-5-9(14(24)25)12(11(15(26)27)8(4-18)23-5)10-7(19)3-2-6(17)13(10)16(20,21)22/h2-3,12,23H,4H2,1H3,(H,24,25)(H,26,27). The molecule has 11 heteroatoms. The van der Waals surface area contributed by atoms with Gasteiger partial charge in [-0.3, -0.25) is 0 Å². The SMILES string of the molecule is CC1=C(C(=O)O)C(c2c(F)ccc(Cl)c2C(F)(F)F)C(C(=O)O)=C(CF)N1. The average Bonchev–Trinajstić information content (AvgIpc) is 2.53. The van der Waals surface area contributed by atoms with E-state index < -0.39 is 69.5 Å². The number of allylic oxidation sites excluding steroid dienone is 2. The highest BCUT2D eigenvalue weighted by Gasteiger charge is 2.45. The van der Waals surface area contributed by atoms with E-state index in [9.17, 15) is 41.8 Å². The highest BCUT2D eigenvalue weighted by atomic mass is 35.5. The number of carboxylic acid groups (broad SMARTS) is 2. The van der Waals surface area contributed by atoms with Crippen LogP contribution in [0.5, 0.6) is 0 Å². The zero-order chi connectivity index (χ0) is 20.7. The molecule has 5 nitrogen and oxygen atoms in total. The molecule has 2 rings (SSSR count). The molecule has 0 saturated heterocycles. The van der Waals surface area contributed by atoms with Crippen LogP contribution in [0.3, 0.4) is 0 Å². The fourth-order valence-electron chi connectivity index (χ4n) is 2.96. The van der Waals surface area contributed by atoms with E-state index in [4.69, 9.17) is 11.6 Å². The van der Waals surface area contributed by atoms with Crippen molar-refractivity contribution >= 4 is 23.5 Å². The summed E-state index contributed by atoms with van der Waals surface area (Å²) in [5.41, 5.74) is -5.93. The molecule has 1 unspecified atom stereocenters. The number of aliphatic carboxylic acids is 2. The molecule has 1 aromatic carbocycles. The second kappa shape index (κ2) is 7.18. The topological polar surface area (TPSA) is 86.6 Å². The molecular formula is C16H11ClF5NO4. The van der Waals surface area contributed by atoms with Crippen molar-refractivity contribution in [3.8, 4) is 0 Å². The molecule has 0 bridgehead atoms. The summed E-state index contributed by atoms with van der Waals surface area (Å²) in [4.78, 5) is 23.2. The third-order valence-corrected chi connectivity index (χ3v) is 4.27. The summed E-state index contributed by atoms with van der Waals surface area (Å²) in [6.45, 7) is -0.355. The summed E-state index contributed by atoms with van der Waals surface area (Å²) in [6.07, 6.45) is -5.23. The second-order valence-corrected chi connectivity index (χ2v) is 5.96. The van der Waals surface area contributed by atoms with Crippen LogP contribution in [0.25, 0.3) is 0 Å². The lowest BCUT2D eigenvalue weighted by Gasteiger charge is -2.31. The average molecular weight is 412 g/mol. The highest BCUT2D eigenvalue weighted by molar-refractivity contribution is 6.31. The van der Waals surface area contributed by atoms with Gasteiger partial charge in [-0.15, -0.1) is 0 Å². The van der Waals surface area contributed by atoms with Crippen molar-refractivity contribution in [1.29, 1.82) is 0 Å². The van der Waals surface area contributed by atoms with Crippen LogP contribution in [-0.4, -0.2) is 28.8 Å². The Balaban J connectivity index is 3.00. The van der Waals surface area contributed by atoms with E-state index in [1.807, 2.05) is 0 Å². The van der Waals surface area contributed by atoms with Gasteiger partial charge in [-0.25, -0.2) is 18.4 Å². The lowest BCUT2D eigenvalue weighted by Crippen LogP contribution is -2.34. The van der Waals surface area contributed by atoms with E-state index in [1.165, 1.54) is 0 Å². The fraction of sp³-hybridized carbons (Fsp3) is 0.250. The Labute approximate surface area is 153 Å². The number of carboxylic acids is 2. The van der Waals surface area contributed by atoms with Gasteiger partial charge in [-0.2, -0.15) is 13.2 Å². The van der Waals surface area contributed by atoms with E-state index >= 15 is 0 Å². The molecule has 0 radical (unpaired) electrons. The molecule has 0 spiro atoms. The lowest BCUT2D eigenvalue weighted by molar-refractivity contribution is -0.139. The van der Waals surface area contributed by atoms with Crippen LogP contribution in [0, 0.1) is 5.82 Å². The van der Waals surface area contributed by atoms with Crippen LogP contribution < -0.4 is 5.32 Å². The van der Waals surface area contributed by atoms with E-state index in [-0.39, 0.29) is 5.70 Å². The predicted molar refractivity (Wildman–Crippen MR) is 83.3 cm³/mol. The maximum Gasteiger partial charge on any atom is 0.418 e. The first-order chi connectivity index (χ1) is 12.4. The third kappa shape index (κ3) is 3.61. The molecule has 3 N–H and O–H groups in total. The maximum absolute atomic E-state index is 14.5. The van der Waals surface area contributed by atoms with E-state index in [0.29, 0.717) is 12.1 Å². The van der Waals surface area contributed by atoms with Crippen molar-refractivity contribution in [1.82, 2.24) is 5.32 Å². The molecule has 1 aliphatic rings. The van der Waals surface area contributed by atoms with Crippen molar-refractivity contribution in [3.05, 3.63) is 56.6 Å². The minimum Gasteiger partial charge on any atom is -0.478 e. The highest BCUT2D eigenvalue weighted by Crippen LogP contribution is 2.47. The molecule has 0 amide bonds. The first-order valence-corrected chi connectivity index (χ1v) is 7.58. The number of carbonyl (C=O) groups is 2. The van der Waals surface area contributed by atoms with E-state index in [2.05, 4.69) is 5.32 Å². The van der Waals surface area contributed by atoms with Crippen molar-refractivity contribution < 1.29 is 41.8 Å². The Morgan fingerprint density at radius 2 is 1.74 bits per heavy atom. The van der Waals surface area contributed by atoms with Crippen LogP contribution in [0.2, 0.25) is 5.02 Å². The number of alkyl halides is 4. The zero-order valence-electron chi connectivity index (χ0n) is 13.4. The first kappa shape index (κ1) is 20.7. The quantitative estimate of drug-likeness (QED) is 0.655. The van der Waals surface area contributed by atoms with Gasteiger partial charge < -0.3 is 15.5 Å². The van der Waals surface area contributed by atoms with Gasteiger partial charge in [0.1, 0.15) is 12.5 Å². The molecule has 0 aliphatic carbocycles. The fourth-order valence-corrected chi connectivity index (χ4v) is 3.24. The van der Waals surface area contributed by atoms with Crippen LogP contribution in [0.15, 0.2) is 34.7 Å². The summed E-state index contributed by atoms with van der Waals surface area (Å²) >= 11 is 5.56. The largest absolute Gasteiger partial charge is 0.478 e. The van der Waals surface area contributed by atoms with Crippen LogP contribution in [-0.2, 0) is 15.8 Å². The number of rotatable bonds is 4. The van der Waals surface area contributed by atoms with Gasteiger partial charge in [-0.05, 0) is 19.1 Å². The van der Waals surface area contributed by atoms with Crippen LogP contribution >= 0.6 is 11.6 Å². The Hall–Kier alpha value is -2.62. The summed E-state index contributed by atoms with van der Waals surface area (Å²) in [7, 11) is 0. The van der Waals surface area contributed by atoms with Gasteiger partial charge in [0.05, 0.1) is 33.3 Å². The van der Waals surface area contributed by atoms with Gasteiger partial charge in [-0.1, -0.05) is 11.6 Å². The number of hydrogen-bond donors (Lipinski definition) is 3. The van der Waals surface area contributed by atoms with Crippen molar-refractivity contribution in [3.63, 3.8) is 0 Å². The second-order valence-electron chi connectivity index (χ2n) is 5.55. The van der Waals surface area contributed by atoms with Gasteiger partial charge >= 0.3 is 18.1 Å². The molecular weight excluding hydrogens is 401 g/mol. The Morgan fingerprint density at radius 1 is 1.19 bits per heavy atom. The molecule has 0 aromatic heterocycles. The maximum atomic E-state index is 14.5. The molecule has 0 saturated carbocycles. The summed E-state index contributed by atoms with van der Waals surface area (Å²) in [6, 6.07) is 1.17. The summed E-state index contributed by atoms with van der Waals surface area (Å²) < 4.78 is 68.3. The molecule has 0 fully saturated rings. The van der Waals surface area contributed by atoms with Gasteiger partial charge in [0.25, 0.3) is 0 Å². The Bertz CT molecular complexity index is 892. The molecule has 1 aliphatic heterocycles. The van der Waals surface area contributed by atoms with Crippen molar-refractivity contribution in [2.24, 2.45) is 0 Å². The zero-order valence-corrected chi connectivity index (χ0v) is 14.2. The molecule has 1 atom stereocenters. The minimum atomic E-state index is -5.23. The monoisotopic (exact) mass is 411 g/mol. The van der Waals surface area contributed by atoms with Crippen molar-refractivity contribution in [2.75, 3.05) is 6.67 Å². The summed E-state index contributed by atoms with van der Waals surface area (Å²) in [5, 5.41) is 20.1. The number of benzene rings is 1. The predicted octanol–water partition coefficient (Wildman–Crippen LogP) is 3.85. The molecule has 1 heterocycles. The van der Waals surface area contributed by atoms with Gasteiger partial charge in [0.2, 0.25) is 0 Å². The number of hydrogen-bond acceptors (Lipinski definition) is 3. The van der Waals surface area contributed by atoms with Crippen LogP contribution in [0.4, 0.5) is 22.0 Å². The van der Waals surface area contributed by atoms with Crippen LogP contribution in [0.1, 0.15) is 24.0 Å². The van der Waals surface area contributed by atoms with E-state index in [0.717, 1.165) is 6.92 Å². The summed E-state index contributed by atoms with van der Waals surface area (Å²) in [5.74, 6) is -7.46. The van der Waals surface area contributed by atoms with Gasteiger partial charge in [0, 0.05) is 11.3 Å². The Morgan fingerprint density at radius 3 is 2.19 bits per heavy atom. The minimum absolute atomic E-state index is 0.322. The third-order valence-electron chi connectivity index (χ3n) is 3.95. The van der Waals surface area contributed by atoms with E-state index in [1.54, 1.807) is 0 Å². The first-order valence-electron chi connectivity index (χ1n) is 7.20. The molecule has 146 valence electrons. The number of halogens is 6. The smallest absolute Gasteiger partial charge is 0.418 e. The lowest BCUT2D eigenvalue weighted by atomic mass is 9.78. The molecule has 1 aromatic rings.